The number of nitrogens with zero attached hydrogens (tertiary/aromatic N) is 1. The number of piperidine rings is 1. The fourth-order valence-corrected chi connectivity index (χ4v) is 3.54. The molecule has 29 heavy (non-hydrogen) atoms. The number of carbonyl (C=O) groups is 2. The van der Waals surface area contributed by atoms with E-state index in [1.54, 1.807) is 23.1 Å². The summed E-state index contributed by atoms with van der Waals surface area (Å²) in [7, 11) is 3.04. The van der Waals surface area contributed by atoms with Crippen molar-refractivity contribution in [3.05, 3.63) is 58.4 Å². The van der Waals surface area contributed by atoms with Crippen LogP contribution in [0.4, 0.5) is 4.39 Å². The fourth-order valence-electron chi connectivity index (χ4n) is 3.29. The van der Waals surface area contributed by atoms with E-state index >= 15 is 0 Å². The molecule has 0 saturated carbocycles. The second kappa shape index (κ2) is 9.13. The fraction of sp³-hybridized carbons (Fsp3) is 0.333. The van der Waals surface area contributed by atoms with E-state index in [0.717, 1.165) is 0 Å². The number of rotatable bonds is 5. The molecule has 0 bridgehead atoms. The molecule has 1 heterocycles. The van der Waals surface area contributed by atoms with E-state index in [-0.39, 0.29) is 22.5 Å². The van der Waals surface area contributed by atoms with Crippen molar-refractivity contribution in [1.82, 2.24) is 10.2 Å². The van der Waals surface area contributed by atoms with E-state index in [1.807, 2.05) is 0 Å². The van der Waals surface area contributed by atoms with E-state index < -0.39 is 11.7 Å². The largest absolute Gasteiger partial charge is 0.497 e. The third kappa shape index (κ3) is 4.79. The quantitative estimate of drug-likeness (QED) is 0.803. The van der Waals surface area contributed by atoms with E-state index in [1.165, 1.54) is 32.4 Å². The Morgan fingerprint density at radius 3 is 2.28 bits per heavy atom. The molecule has 2 aromatic rings. The standard InChI is InChI=1S/C21H22ClFN2O4/c1-28-15-10-13(11-16(12-15)29-2)20(26)24-14-6-8-25(9-7-14)21(27)19-17(22)4-3-5-18(19)23/h3-5,10-12,14H,6-9H2,1-2H3,(H,24,26). The molecule has 8 heteroatoms. The van der Waals surface area contributed by atoms with Crippen molar-refractivity contribution in [2.24, 2.45) is 0 Å². The monoisotopic (exact) mass is 420 g/mol. The summed E-state index contributed by atoms with van der Waals surface area (Å²) in [5.74, 6) is -0.266. The lowest BCUT2D eigenvalue weighted by atomic mass is 10.0. The topological polar surface area (TPSA) is 67.9 Å². The van der Waals surface area contributed by atoms with Crippen LogP contribution in [-0.4, -0.2) is 50.1 Å². The van der Waals surface area contributed by atoms with Crippen LogP contribution < -0.4 is 14.8 Å². The van der Waals surface area contributed by atoms with Crippen LogP contribution in [0.5, 0.6) is 11.5 Å². The molecule has 0 spiro atoms. The molecule has 2 aromatic carbocycles. The van der Waals surface area contributed by atoms with Gasteiger partial charge in [0.25, 0.3) is 11.8 Å². The van der Waals surface area contributed by atoms with Crippen LogP contribution in [0.15, 0.2) is 36.4 Å². The van der Waals surface area contributed by atoms with Gasteiger partial charge in [-0.15, -0.1) is 0 Å². The molecule has 1 N–H and O–H groups in total. The van der Waals surface area contributed by atoms with Crippen LogP contribution in [0.2, 0.25) is 5.02 Å². The molecule has 0 atom stereocenters. The predicted octanol–water partition coefficient (Wildman–Crippen LogP) is 3.53. The molecule has 3 rings (SSSR count). The summed E-state index contributed by atoms with van der Waals surface area (Å²) in [5.41, 5.74) is 0.318. The summed E-state index contributed by atoms with van der Waals surface area (Å²) in [6, 6.07) is 9.04. The van der Waals surface area contributed by atoms with Crippen molar-refractivity contribution in [3.63, 3.8) is 0 Å². The number of hydrogen-bond donors (Lipinski definition) is 1. The summed E-state index contributed by atoms with van der Waals surface area (Å²) in [6.07, 6.45) is 1.12. The van der Waals surface area contributed by atoms with Gasteiger partial charge in [-0.05, 0) is 37.1 Å². The lowest BCUT2D eigenvalue weighted by Crippen LogP contribution is -2.46. The van der Waals surface area contributed by atoms with Gasteiger partial charge in [-0.3, -0.25) is 9.59 Å². The number of halogens is 2. The van der Waals surface area contributed by atoms with Gasteiger partial charge in [-0.1, -0.05) is 17.7 Å². The third-order valence-electron chi connectivity index (χ3n) is 4.91. The van der Waals surface area contributed by atoms with E-state index in [0.29, 0.717) is 43.0 Å². The summed E-state index contributed by atoms with van der Waals surface area (Å²) in [6.45, 7) is 0.797. The lowest BCUT2D eigenvalue weighted by molar-refractivity contribution is 0.0694. The molecule has 0 aromatic heterocycles. The molecule has 154 valence electrons. The zero-order chi connectivity index (χ0) is 21.0. The highest BCUT2D eigenvalue weighted by atomic mass is 35.5. The van der Waals surface area contributed by atoms with Gasteiger partial charge in [0.15, 0.2) is 0 Å². The summed E-state index contributed by atoms with van der Waals surface area (Å²) < 4.78 is 24.4. The van der Waals surface area contributed by atoms with Gasteiger partial charge in [0.2, 0.25) is 0 Å². The predicted molar refractivity (Wildman–Crippen MR) is 107 cm³/mol. The van der Waals surface area contributed by atoms with E-state index in [2.05, 4.69) is 5.32 Å². The molecular formula is C21H22ClFN2O4. The highest BCUT2D eigenvalue weighted by Crippen LogP contribution is 2.24. The Hall–Kier alpha value is -2.80. The lowest BCUT2D eigenvalue weighted by Gasteiger charge is -2.32. The molecule has 0 unspecified atom stereocenters. The van der Waals surface area contributed by atoms with Gasteiger partial charge in [-0.25, -0.2) is 4.39 Å². The average molecular weight is 421 g/mol. The zero-order valence-corrected chi connectivity index (χ0v) is 17.0. The maximum absolute atomic E-state index is 14.0. The molecular weight excluding hydrogens is 399 g/mol. The Balaban J connectivity index is 1.61. The zero-order valence-electron chi connectivity index (χ0n) is 16.2. The van der Waals surface area contributed by atoms with Gasteiger partial charge in [-0.2, -0.15) is 0 Å². The molecule has 6 nitrogen and oxygen atoms in total. The first-order valence-electron chi connectivity index (χ1n) is 9.20. The molecule has 2 amide bonds. The van der Waals surface area contributed by atoms with Crippen molar-refractivity contribution in [2.45, 2.75) is 18.9 Å². The number of amides is 2. The minimum absolute atomic E-state index is 0.0948. The van der Waals surface area contributed by atoms with E-state index in [9.17, 15) is 14.0 Å². The van der Waals surface area contributed by atoms with E-state index in [4.69, 9.17) is 21.1 Å². The molecule has 1 aliphatic heterocycles. The number of methoxy groups -OCH3 is 2. The maximum Gasteiger partial charge on any atom is 0.258 e. The van der Waals surface area contributed by atoms with Gasteiger partial charge in [0.1, 0.15) is 17.3 Å². The van der Waals surface area contributed by atoms with Gasteiger partial charge < -0.3 is 19.7 Å². The normalized spacial score (nSPS) is 14.4. The summed E-state index contributed by atoms with van der Waals surface area (Å²) in [4.78, 5) is 26.8. The Bertz CT molecular complexity index is 871. The highest BCUT2D eigenvalue weighted by Gasteiger charge is 2.27. The molecule has 1 aliphatic rings. The van der Waals surface area contributed by atoms with Crippen LogP contribution in [0.25, 0.3) is 0 Å². The maximum atomic E-state index is 14.0. The minimum Gasteiger partial charge on any atom is -0.497 e. The van der Waals surface area contributed by atoms with Crippen molar-refractivity contribution in [3.8, 4) is 11.5 Å². The average Bonchev–Trinajstić information content (AvgIpc) is 2.73. The number of ether oxygens (including phenoxy) is 2. The van der Waals surface area contributed by atoms with Crippen molar-refractivity contribution < 1.29 is 23.5 Å². The first kappa shape index (κ1) is 20.9. The minimum atomic E-state index is -0.634. The second-order valence-corrected chi connectivity index (χ2v) is 7.15. The number of carbonyl (C=O) groups excluding carboxylic acids is 2. The Kier molecular flexibility index (Phi) is 6.59. The molecule has 1 fully saturated rings. The van der Waals surface area contributed by atoms with Crippen LogP contribution in [-0.2, 0) is 0 Å². The SMILES string of the molecule is COc1cc(OC)cc(C(=O)NC2CCN(C(=O)c3c(F)cccc3Cl)CC2)c1. The molecule has 0 aliphatic carbocycles. The van der Waals surface area contributed by atoms with Gasteiger partial charge in [0, 0.05) is 30.8 Å². The number of likely N-dealkylation sites (tertiary alicyclic amines) is 1. The molecule has 1 saturated heterocycles. The second-order valence-electron chi connectivity index (χ2n) is 6.74. The van der Waals surface area contributed by atoms with Crippen molar-refractivity contribution in [2.75, 3.05) is 27.3 Å². The van der Waals surface area contributed by atoms with Gasteiger partial charge >= 0.3 is 0 Å². The van der Waals surface area contributed by atoms with Crippen molar-refractivity contribution >= 4 is 23.4 Å². The number of hydrogen-bond acceptors (Lipinski definition) is 4. The number of benzene rings is 2. The number of nitrogens with one attached hydrogen (secondary N) is 1. The summed E-state index contributed by atoms with van der Waals surface area (Å²) >= 11 is 5.99. The van der Waals surface area contributed by atoms with Crippen LogP contribution in [0.3, 0.4) is 0 Å². The Labute approximate surface area is 173 Å². The van der Waals surface area contributed by atoms with Crippen LogP contribution >= 0.6 is 11.6 Å². The Morgan fingerprint density at radius 1 is 1.10 bits per heavy atom. The summed E-state index contributed by atoms with van der Waals surface area (Å²) in [5, 5.41) is 3.07. The van der Waals surface area contributed by atoms with Crippen molar-refractivity contribution in [1.29, 1.82) is 0 Å². The Morgan fingerprint density at radius 2 is 1.72 bits per heavy atom. The third-order valence-corrected chi connectivity index (χ3v) is 5.22. The van der Waals surface area contributed by atoms with Crippen LogP contribution in [0, 0.1) is 5.82 Å². The van der Waals surface area contributed by atoms with Gasteiger partial charge in [0.05, 0.1) is 24.8 Å². The van der Waals surface area contributed by atoms with Crippen LogP contribution in [0.1, 0.15) is 33.6 Å². The highest BCUT2D eigenvalue weighted by molar-refractivity contribution is 6.33. The smallest absolute Gasteiger partial charge is 0.258 e. The first-order valence-corrected chi connectivity index (χ1v) is 9.58. The first-order chi connectivity index (χ1) is 13.9. The molecule has 0 radical (unpaired) electrons.